The van der Waals surface area contributed by atoms with Gasteiger partial charge in [-0.15, -0.1) is 0 Å². The minimum Gasteiger partial charge on any atom is -0.340 e. The van der Waals surface area contributed by atoms with Crippen LogP contribution in [0.4, 0.5) is 0 Å². The van der Waals surface area contributed by atoms with E-state index < -0.39 is 0 Å². The van der Waals surface area contributed by atoms with Gasteiger partial charge in [0.1, 0.15) is 0 Å². The van der Waals surface area contributed by atoms with Crippen LogP contribution in [0.2, 0.25) is 0 Å². The zero-order valence-corrected chi connectivity index (χ0v) is 9.23. The second-order valence-electron chi connectivity index (χ2n) is 3.70. The first-order valence-corrected chi connectivity index (χ1v) is 5.13. The molecule has 0 aliphatic heterocycles. The number of nitrogens with two attached hydrogens (primary N) is 1. The maximum absolute atomic E-state index is 11.7. The molecule has 0 fully saturated rings. The second kappa shape index (κ2) is 5.50. The predicted molar refractivity (Wildman–Crippen MR) is 57.9 cm³/mol. The van der Waals surface area contributed by atoms with Crippen molar-refractivity contribution >= 4 is 5.91 Å². The van der Waals surface area contributed by atoms with E-state index in [-0.39, 0.29) is 11.9 Å². The molecule has 5 nitrogen and oxygen atoms in total. The number of nitrogens with one attached hydrogen (secondary N) is 1. The summed E-state index contributed by atoms with van der Waals surface area (Å²) in [5.74, 6) is -0.0157. The SMILES string of the molecule is CCC[C@@H](N)C(=O)N(C)Cc1cn[nH]c1. The third-order valence-corrected chi connectivity index (χ3v) is 2.27. The highest BCUT2D eigenvalue weighted by Crippen LogP contribution is 2.03. The summed E-state index contributed by atoms with van der Waals surface area (Å²) < 4.78 is 0. The smallest absolute Gasteiger partial charge is 0.239 e. The highest BCUT2D eigenvalue weighted by atomic mass is 16.2. The largest absolute Gasteiger partial charge is 0.340 e. The molecule has 1 aromatic heterocycles. The third kappa shape index (κ3) is 3.36. The Bertz CT molecular complexity index is 296. The minimum absolute atomic E-state index is 0.0157. The van der Waals surface area contributed by atoms with Gasteiger partial charge in [0.2, 0.25) is 5.91 Å². The van der Waals surface area contributed by atoms with Gasteiger partial charge < -0.3 is 10.6 Å². The second-order valence-corrected chi connectivity index (χ2v) is 3.70. The number of carbonyl (C=O) groups excluding carboxylic acids is 1. The molecule has 1 aromatic rings. The lowest BCUT2D eigenvalue weighted by atomic mass is 10.1. The molecule has 0 unspecified atom stereocenters. The molecule has 0 saturated carbocycles. The number of likely N-dealkylation sites (N-methyl/N-ethyl adjacent to an activating group) is 1. The van der Waals surface area contributed by atoms with E-state index in [9.17, 15) is 4.79 Å². The molecule has 84 valence electrons. The van der Waals surface area contributed by atoms with Crippen LogP contribution in [-0.4, -0.2) is 34.1 Å². The van der Waals surface area contributed by atoms with Crippen molar-refractivity contribution in [3.8, 4) is 0 Å². The third-order valence-electron chi connectivity index (χ3n) is 2.27. The summed E-state index contributed by atoms with van der Waals surface area (Å²) in [7, 11) is 1.75. The van der Waals surface area contributed by atoms with Gasteiger partial charge in [-0.2, -0.15) is 5.10 Å². The van der Waals surface area contributed by atoms with Crippen LogP contribution in [0.15, 0.2) is 12.4 Å². The summed E-state index contributed by atoms with van der Waals surface area (Å²) in [5.41, 5.74) is 6.72. The van der Waals surface area contributed by atoms with Crippen LogP contribution in [-0.2, 0) is 11.3 Å². The van der Waals surface area contributed by atoms with E-state index in [0.717, 1.165) is 18.4 Å². The molecule has 0 spiro atoms. The molecule has 5 heteroatoms. The zero-order valence-electron chi connectivity index (χ0n) is 9.23. The Morgan fingerprint density at radius 2 is 2.47 bits per heavy atom. The average molecular weight is 210 g/mol. The number of hydrogen-bond acceptors (Lipinski definition) is 3. The van der Waals surface area contributed by atoms with E-state index in [1.807, 2.05) is 6.92 Å². The van der Waals surface area contributed by atoms with Crippen molar-refractivity contribution in [3.05, 3.63) is 18.0 Å². The minimum atomic E-state index is -0.382. The fourth-order valence-electron chi connectivity index (χ4n) is 1.43. The van der Waals surface area contributed by atoms with E-state index in [0.29, 0.717) is 6.54 Å². The summed E-state index contributed by atoms with van der Waals surface area (Å²) in [6, 6.07) is -0.382. The predicted octanol–water partition coefficient (Wildman–Crippen LogP) is 0.495. The standard InChI is InChI=1S/C10H18N4O/c1-3-4-9(11)10(15)14(2)7-8-5-12-13-6-8/h5-6,9H,3-4,7,11H2,1-2H3,(H,12,13)/t9-/m1/s1. The first-order chi connectivity index (χ1) is 7.15. The fourth-order valence-corrected chi connectivity index (χ4v) is 1.43. The molecule has 0 bridgehead atoms. The van der Waals surface area contributed by atoms with Gasteiger partial charge >= 0.3 is 0 Å². The molecular weight excluding hydrogens is 192 g/mol. The molecule has 0 radical (unpaired) electrons. The number of aromatic amines is 1. The van der Waals surface area contributed by atoms with Gasteiger partial charge in [0.05, 0.1) is 12.2 Å². The Labute approximate surface area is 89.6 Å². The van der Waals surface area contributed by atoms with E-state index in [1.54, 1.807) is 24.3 Å². The van der Waals surface area contributed by atoms with Crippen LogP contribution < -0.4 is 5.73 Å². The van der Waals surface area contributed by atoms with Gasteiger partial charge in [0, 0.05) is 25.4 Å². The number of nitrogens with zero attached hydrogens (tertiary/aromatic N) is 2. The van der Waals surface area contributed by atoms with E-state index in [1.165, 1.54) is 0 Å². The van der Waals surface area contributed by atoms with E-state index in [2.05, 4.69) is 10.2 Å². The molecule has 0 aliphatic carbocycles. The van der Waals surface area contributed by atoms with Crippen LogP contribution in [0, 0.1) is 0 Å². The Kier molecular flexibility index (Phi) is 4.30. The maximum Gasteiger partial charge on any atom is 0.239 e. The van der Waals surface area contributed by atoms with Gasteiger partial charge in [0.25, 0.3) is 0 Å². The lowest BCUT2D eigenvalue weighted by Crippen LogP contribution is -2.41. The van der Waals surface area contributed by atoms with Crippen molar-refractivity contribution < 1.29 is 4.79 Å². The molecule has 3 N–H and O–H groups in total. The number of H-pyrrole nitrogens is 1. The quantitative estimate of drug-likeness (QED) is 0.743. The van der Waals surface area contributed by atoms with Crippen molar-refractivity contribution in [2.24, 2.45) is 5.73 Å². The van der Waals surface area contributed by atoms with Gasteiger partial charge in [0.15, 0.2) is 0 Å². The Hall–Kier alpha value is -1.36. The maximum atomic E-state index is 11.7. The molecule has 1 atom stereocenters. The average Bonchev–Trinajstić information content (AvgIpc) is 2.69. The highest BCUT2D eigenvalue weighted by molar-refractivity contribution is 5.81. The van der Waals surface area contributed by atoms with Crippen molar-refractivity contribution in [1.82, 2.24) is 15.1 Å². The van der Waals surface area contributed by atoms with Gasteiger partial charge in [-0.25, -0.2) is 0 Å². The Morgan fingerprint density at radius 3 is 3.00 bits per heavy atom. The number of aromatic nitrogens is 2. The molecule has 15 heavy (non-hydrogen) atoms. The molecular formula is C10H18N4O. The number of rotatable bonds is 5. The van der Waals surface area contributed by atoms with Gasteiger partial charge in [-0.1, -0.05) is 13.3 Å². The molecule has 1 heterocycles. The van der Waals surface area contributed by atoms with Gasteiger partial charge in [-0.05, 0) is 6.42 Å². The lowest BCUT2D eigenvalue weighted by Gasteiger charge is -2.20. The summed E-state index contributed by atoms with van der Waals surface area (Å²) in [4.78, 5) is 13.4. The number of carbonyl (C=O) groups is 1. The van der Waals surface area contributed by atoms with Crippen LogP contribution in [0.25, 0.3) is 0 Å². The molecule has 1 amide bonds. The van der Waals surface area contributed by atoms with E-state index in [4.69, 9.17) is 5.73 Å². The van der Waals surface area contributed by atoms with Crippen molar-refractivity contribution in [2.75, 3.05) is 7.05 Å². The zero-order chi connectivity index (χ0) is 11.3. The van der Waals surface area contributed by atoms with Crippen molar-refractivity contribution in [1.29, 1.82) is 0 Å². The molecule has 0 saturated heterocycles. The normalized spacial score (nSPS) is 12.5. The van der Waals surface area contributed by atoms with E-state index >= 15 is 0 Å². The summed E-state index contributed by atoms with van der Waals surface area (Å²) in [6.07, 6.45) is 5.13. The highest BCUT2D eigenvalue weighted by Gasteiger charge is 2.17. The monoisotopic (exact) mass is 210 g/mol. The molecule has 0 aromatic carbocycles. The first-order valence-electron chi connectivity index (χ1n) is 5.13. The molecule has 0 aliphatic rings. The summed E-state index contributed by atoms with van der Waals surface area (Å²) in [6.45, 7) is 2.57. The lowest BCUT2D eigenvalue weighted by molar-refractivity contribution is -0.131. The van der Waals surface area contributed by atoms with Crippen LogP contribution in [0.5, 0.6) is 0 Å². The van der Waals surface area contributed by atoms with Crippen molar-refractivity contribution in [3.63, 3.8) is 0 Å². The van der Waals surface area contributed by atoms with Gasteiger partial charge in [-0.3, -0.25) is 9.89 Å². The van der Waals surface area contributed by atoms with Crippen LogP contribution in [0.3, 0.4) is 0 Å². The summed E-state index contributed by atoms with van der Waals surface area (Å²) >= 11 is 0. The first kappa shape index (κ1) is 11.7. The topological polar surface area (TPSA) is 75.0 Å². The van der Waals surface area contributed by atoms with Crippen LogP contribution >= 0.6 is 0 Å². The Morgan fingerprint density at radius 1 is 1.73 bits per heavy atom. The van der Waals surface area contributed by atoms with Crippen molar-refractivity contribution in [2.45, 2.75) is 32.4 Å². The number of hydrogen-bond donors (Lipinski definition) is 2. The Balaban J connectivity index is 2.46. The fraction of sp³-hybridized carbons (Fsp3) is 0.600. The molecule has 1 rings (SSSR count). The number of amides is 1. The summed E-state index contributed by atoms with van der Waals surface area (Å²) in [5, 5.41) is 6.53. The van der Waals surface area contributed by atoms with Crippen LogP contribution in [0.1, 0.15) is 25.3 Å².